The number of aliphatic carboxylic acids is 1. The van der Waals surface area contributed by atoms with E-state index in [4.69, 9.17) is 5.73 Å². The van der Waals surface area contributed by atoms with Crippen molar-refractivity contribution in [2.45, 2.75) is 51.9 Å². The molecule has 2 aromatic rings. The van der Waals surface area contributed by atoms with Crippen LogP contribution in [-0.2, 0) is 16.0 Å². The van der Waals surface area contributed by atoms with Crippen molar-refractivity contribution >= 4 is 34.1 Å². The maximum Gasteiger partial charge on any atom is 0.307 e. The van der Waals surface area contributed by atoms with Crippen molar-refractivity contribution in [3.8, 4) is 11.1 Å². The summed E-state index contributed by atoms with van der Waals surface area (Å²) in [5.41, 5.74) is 8.70. The Balaban J connectivity index is 1.83. The van der Waals surface area contributed by atoms with Gasteiger partial charge in [-0.05, 0) is 36.8 Å². The van der Waals surface area contributed by atoms with Crippen LogP contribution in [0.3, 0.4) is 0 Å². The van der Waals surface area contributed by atoms with Crippen molar-refractivity contribution < 1.29 is 19.5 Å². The van der Waals surface area contributed by atoms with E-state index in [0.29, 0.717) is 23.4 Å². The van der Waals surface area contributed by atoms with Gasteiger partial charge in [-0.25, -0.2) is 0 Å². The highest BCUT2D eigenvalue weighted by Crippen LogP contribution is 2.37. The molecule has 0 saturated heterocycles. The zero-order valence-electron chi connectivity index (χ0n) is 17.1. The number of hydrogen-bond donors (Lipinski definition) is 3. The molecule has 30 heavy (non-hydrogen) atoms. The van der Waals surface area contributed by atoms with Crippen LogP contribution in [0.2, 0.25) is 0 Å². The molecule has 4 N–H and O–H groups in total. The molecule has 160 valence electrons. The third-order valence-corrected chi connectivity index (χ3v) is 6.67. The number of amides is 2. The molecule has 1 fully saturated rings. The van der Waals surface area contributed by atoms with Gasteiger partial charge in [-0.2, -0.15) is 0 Å². The van der Waals surface area contributed by atoms with Crippen molar-refractivity contribution in [3.63, 3.8) is 0 Å². The second-order valence-corrected chi connectivity index (χ2v) is 8.72. The molecule has 0 radical (unpaired) electrons. The fourth-order valence-electron chi connectivity index (χ4n) is 4.08. The van der Waals surface area contributed by atoms with Gasteiger partial charge in [0.1, 0.15) is 5.00 Å². The largest absolute Gasteiger partial charge is 0.481 e. The first-order chi connectivity index (χ1) is 14.4. The zero-order chi connectivity index (χ0) is 21.7. The molecule has 1 saturated carbocycles. The van der Waals surface area contributed by atoms with Crippen LogP contribution in [-0.4, -0.2) is 22.9 Å². The number of primary amides is 1. The first-order valence-corrected chi connectivity index (χ1v) is 11.3. The van der Waals surface area contributed by atoms with Crippen LogP contribution in [0.5, 0.6) is 0 Å². The molecule has 1 aromatic carbocycles. The molecule has 0 unspecified atom stereocenters. The summed E-state index contributed by atoms with van der Waals surface area (Å²) in [5.74, 6) is -3.20. The van der Waals surface area contributed by atoms with Crippen molar-refractivity contribution in [1.82, 2.24) is 0 Å². The molecule has 3 rings (SSSR count). The van der Waals surface area contributed by atoms with Gasteiger partial charge < -0.3 is 16.2 Å². The number of carboxylic acids is 1. The first kappa shape index (κ1) is 22.0. The van der Waals surface area contributed by atoms with Gasteiger partial charge in [-0.15, -0.1) is 11.3 Å². The number of carbonyl (C=O) groups is 3. The average Bonchev–Trinajstić information content (AvgIpc) is 3.16. The number of hydrogen-bond acceptors (Lipinski definition) is 4. The second kappa shape index (κ2) is 9.89. The van der Waals surface area contributed by atoms with Crippen LogP contribution in [0.4, 0.5) is 5.00 Å². The molecule has 7 heteroatoms. The van der Waals surface area contributed by atoms with E-state index in [0.717, 1.165) is 37.7 Å². The van der Waals surface area contributed by atoms with Gasteiger partial charge in [0.05, 0.1) is 17.4 Å². The third kappa shape index (κ3) is 4.90. The molecule has 1 aliphatic rings. The molecule has 2 amide bonds. The Labute approximate surface area is 180 Å². The molecule has 1 aromatic heterocycles. The molecule has 2 atom stereocenters. The highest BCUT2D eigenvalue weighted by molar-refractivity contribution is 7.15. The second-order valence-electron chi connectivity index (χ2n) is 7.84. The fraction of sp³-hybridized carbons (Fsp3) is 0.435. The van der Waals surface area contributed by atoms with Gasteiger partial charge in [-0.1, -0.05) is 50.5 Å². The molecular formula is C23H28N2O4S. The summed E-state index contributed by atoms with van der Waals surface area (Å²) >= 11 is 1.24. The lowest BCUT2D eigenvalue weighted by atomic mass is 9.78. The first-order valence-electron chi connectivity index (χ1n) is 10.5. The lowest BCUT2D eigenvalue weighted by Gasteiger charge is -2.27. The lowest BCUT2D eigenvalue weighted by molar-refractivity contribution is -0.147. The molecule has 6 nitrogen and oxygen atoms in total. The number of thiophene rings is 1. The summed E-state index contributed by atoms with van der Waals surface area (Å²) in [6.07, 6.45) is 5.93. The third-order valence-electron chi connectivity index (χ3n) is 5.78. The number of nitrogens with two attached hydrogens (primary N) is 1. The van der Waals surface area contributed by atoms with E-state index in [2.05, 4.69) is 12.2 Å². The zero-order valence-corrected chi connectivity index (χ0v) is 18.0. The van der Waals surface area contributed by atoms with Gasteiger partial charge in [0, 0.05) is 10.9 Å². The summed E-state index contributed by atoms with van der Waals surface area (Å²) < 4.78 is 0. The van der Waals surface area contributed by atoms with Crippen molar-refractivity contribution in [2.24, 2.45) is 17.6 Å². The number of benzene rings is 1. The Bertz CT molecular complexity index is 920. The Kier molecular flexibility index (Phi) is 7.26. The van der Waals surface area contributed by atoms with Crippen LogP contribution >= 0.6 is 11.3 Å². The van der Waals surface area contributed by atoms with Crippen molar-refractivity contribution in [3.05, 3.63) is 40.8 Å². The highest BCUT2D eigenvalue weighted by Gasteiger charge is 2.36. The number of carbonyl (C=O) groups excluding carboxylic acids is 2. The van der Waals surface area contributed by atoms with E-state index in [1.165, 1.54) is 16.9 Å². The van der Waals surface area contributed by atoms with Crippen LogP contribution in [0, 0.1) is 11.8 Å². The van der Waals surface area contributed by atoms with E-state index in [9.17, 15) is 19.5 Å². The standard InChI is InChI=1S/C23H28N2O4S/c1-2-3-6-14-9-11-15(12-10-14)18-13-30-22(19(18)20(24)26)25-21(27)16-7-4-5-8-17(16)23(28)29/h9-13,16-17H,2-8H2,1H3,(H2,24,26)(H,25,27)(H,28,29)/t16-,17-/m0/s1. The van der Waals surface area contributed by atoms with Crippen LogP contribution in [0.1, 0.15) is 61.4 Å². The van der Waals surface area contributed by atoms with Crippen LogP contribution < -0.4 is 11.1 Å². The number of nitrogens with one attached hydrogen (secondary N) is 1. The van der Waals surface area contributed by atoms with Crippen LogP contribution in [0.25, 0.3) is 11.1 Å². The minimum absolute atomic E-state index is 0.275. The van der Waals surface area contributed by atoms with Crippen molar-refractivity contribution in [1.29, 1.82) is 0 Å². The number of unbranched alkanes of at least 4 members (excludes halogenated alkanes) is 1. The monoisotopic (exact) mass is 428 g/mol. The summed E-state index contributed by atoms with van der Waals surface area (Å²) in [7, 11) is 0. The van der Waals surface area contributed by atoms with Crippen molar-refractivity contribution in [2.75, 3.05) is 5.32 Å². The Morgan fingerprint density at radius 1 is 1.13 bits per heavy atom. The van der Waals surface area contributed by atoms with E-state index in [1.807, 2.05) is 29.6 Å². The normalized spacial score (nSPS) is 18.7. The molecule has 0 spiro atoms. The smallest absolute Gasteiger partial charge is 0.307 e. The Morgan fingerprint density at radius 3 is 2.40 bits per heavy atom. The minimum atomic E-state index is -0.944. The molecule has 1 aliphatic carbocycles. The molecular weight excluding hydrogens is 400 g/mol. The maximum absolute atomic E-state index is 12.8. The summed E-state index contributed by atoms with van der Waals surface area (Å²) in [6.45, 7) is 2.15. The lowest BCUT2D eigenvalue weighted by Crippen LogP contribution is -2.36. The van der Waals surface area contributed by atoms with Gasteiger partial charge in [-0.3, -0.25) is 14.4 Å². The van der Waals surface area contributed by atoms with E-state index >= 15 is 0 Å². The number of aryl methyl sites for hydroxylation is 1. The SMILES string of the molecule is CCCCc1ccc(-c2csc(NC(=O)[C@H]3CCCC[C@@H]3C(=O)O)c2C(N)=O)cc1. The van der Waals surface area contributed by atoms with E-state index in [-0.39, 0.29) is 11.5 Å². The van der Waals surface area contributed by atoms with Gasteiger partial charge in [0.2, 0.25) is 5.91 Å². The number of carboxylic acid groups (broad SMARTS) is 1. The molecule has 1 heterocycles. The number of rotatable bonds is 8. The molecule has 0 bridgehead atoms. The fourth-order valence-corrected chi connectivity index (χ4v) is 5.06. The minimum Gasteiger partial charge on any atom is -0.481 e. The predicted octanol–water partition coefficient (Wildman–Crippen LogP) is 4.69. The summed E-state index contributed by atoms with van der Waals surface area (Å²) in [4.78, 5) is 36.6. The average molecular weight is 429 g/mol. The van der Waals surface area contributed by atoms with E-state index < -0.39 is 23.7 Å². The topological polar surface area (TPSA) is 109 Å². The maximum atomic E-state index is 12.8. The molecule has 0 aliphatic heterocycles. The van der Waals surface area contributed by atoms with Gasteiger partial charge in [0.25, 0.3) is 5.91 Å². The van der Waals surface area contributed by atoms with Crippen LogP contribution in [0.15, 0.2) is 29.6 Å². The number of anilines is 1. The predicted molar refractivity (Wildman–Crippen MR) is 119 cm³/mol. The Hall–Kier alpha value is -2.67. The van der Waals surface area contributed by atoms with Gasteiger partial charge in [0.15, 0.2) is 0 Å². The summed E-state index contributed by atoms with van der Waals surface area (Å²) in [5, 5.41) is 14.4. The Morgan fingerprint density at radius 2 is 1.80 bits per heavy atom. The van der Waals surface area contributed by atoms with E-state index in [1.54, 1.807) is 0 Å². The summed E-state index contributed by atoms with van der Waals surface area (Å²) in [6, 6.07) is 8.02. The highest BCUT2D eigenvalue weighted by atomic mass is 32.1. The quantitative estimate of drug-likeness (QED) is 0.567. The van der Waals surface area contributed by atoms with Gasteiger partial charge >= 0.3 is 5.97 Å².